The maximum absolute atomic E-state index is 11.7. The Hall–Kier alpha value is -2.40. The number of ether oxygens (including phenoxy) is 1. The van der Waals surface area contributed by atoms with Crippen molar-refractivity contribution in [2.24, 2.45) is 5.84 Å². The molecule has 0 aliphatic heterocycles. The van der Waals surface area contributed by atoms with E-state index in [4.69, 9.17) is 9.84 Å². The van der Waals surface area contributed by atoms with Gasteiger partial charge in [-0.05, 0) is 50.1 Å². The number of benzene rings is 1. The standard InChI is InChI=1S/C14H19NO3.C4H6.CH6N2.CH4O/c1-14(2,3)11-7-9(12(16)15-4)6-10(8-11)13(17)18-5;1-3-4-2;1-3-2;1-2/h6-8H,1-5H3,(H,15,16);1-2H3;3H,2H2,1H3;2H,1H3. The van der Waals surface area contributed by atoms with E-state index in [0.717, 1.165) is 12.7 Å². The second-order valence-corrected chi connectivity index (χ2v) is 5.91. The number of hydrogen-bond acceptors (Lipinski definition) is 6. The Labute approximate surface area is 163 Å². The number of methoxy groups -OCH3 is 1. The molecule has 0 fully saturated rings. The summed E-state index contributed by atoms with van der Waals surface area (Å²) in [6.45, 7) is 9.71. The molecule has 0 atom stereocenters. The molecule has 0 unspecified atom stereocenters. The van der Waals surface area contributed by atoms with Gasteiger partial charge in [0.15, 0.2) is 0 Å². The second-order valence-electron chi connectivity index (χ2n) is 5.91. The fourth-order valence-electron chi connectivity index (χ4n) is 1.57. The van der Waals surface area contributed by atoms with Crippen molar-refractivity contribution in [3.8, 4) is 11.8 Å². The van der Waals surface area contributed by atoms with Crippen molar-refractivity contribution in [3.63, 3.8) is 0 Å². The van der Waals surface area contributed by atoms with Gasteiger partial charge in [-0.25, -0.2) is 4.79 Å². The molecular formula is C20H35N3O4. The fraction of sp³-hybridized carbons (Fsp3) is 0.500. The molecule has 0 aliphatic carbocycles. The molecule has 1 aromatic rings. The van der Waals surface area contributed by atoms with Crippen molar-refractivity contribution in [1.82, 2.24) is 10.7 Å². The first-order chi connectivity index (χ1) is 12.6. The van der Waals surface area contributed by atoms with Gasteiger partial charge in [0, 0.05) is 19.7 Å². The van der Waals surface area contributed by atoms with Gasteiger partial charge in [-0.3, -0.25) is 16.1 Å². The highest BCUT2D eigenvalue weighted by Gasteiger charge is 2.19. The van der Waals surface area contributed by atoms with Crippen LogP contribution in [0, 0.1) is 11.8 Å². The smallest absolute Gasteiger partial charge is 0.337 e. The molecule has 0 heterocycles. The maximum atomic E-state index is 11.7. The molecular weight excluding hydrogens is 346 g/mol. The summed E-state index contributed by atoms with van der Waals surface area (Å²) in [6, 6.07) is 5.10. The summed E-state index contributed by atoms with van der Waals surface area (Å²) >= 11 is 0. The molecule has 27 heavy (non-hydrogen) atoms. The molecule has 1 amide bonds. The van der Waals surface area contributed by atoms with Gasteiger partial charge in [-0.1, -0.05) is 20.8 Å². The average molecular weight is 382 g/mol. The number of hydrazine groups is 1. The number of hydrogen-bond donors (Lipinski definition) is 4. The Morgan fingerprint density at radius 2 is 1.44 bits per heavy atom. The van der Waals surface area contributed by atoms with Gasteiger partial charge in [0.1, 0.15) is 0 Å². The predicted molar refractivity (Wildman–Crippen MR) is 110 cm³/mol. The summed E-state index contributed by atoms with van der Waals surface area (Å²) in [4.78, 5) is 23.3. The quantitative estimate of drug-likeness (QED) is 0.269. The van der Waals surface area contributed by atoms with Crippen LogP contribution >= 0.6 is 0 Å². The highest BCUT2D eigenvalue weighted by Crippen LogP contribution is 2.25. The van der Waals surface area contributed by atoms with Crippen molar-refractivity contribution >= 4 is 11.9 Å². The van der Waals surface area contributed by atoms with E-state index >= 15 is 0 Å². The number of rotatable bonds is 2. The molecule has 154 valence electrons. The average Bonchev–Trinajstić information content (AvgIpc) is 2.67. The van der Waals surface area contributed by atoms with Gasteiger partial charge in [0.05, 0.1) is 12.7 Å². The molecule has 5 N–H and O–H groups in total. The van der Waals surface area contributed by atoms with Crippen LogP contribution in [0.15, 0.2) is 18.2 Å². The summed E-state index contributed by atoms with van der Waals surface area (Å²) in [7, 11) is 5.54. The zero-order chi connectivity index (χ0) is 22.0. The van der Waals surface area contributed by atoms with E-state index in [1.807, 2.05) is 34.6 Å². The van der Waals surface area contributed by atoms with E-state index in [1.54, 1.807) is 32.3 Å². The molecule has 0 radical (unpaired) electrons. The molecule has 0 aromatic heterocycles. The number of carbonyl (C=O) groups is 2. The van der Waals surface area contributed by atoms with Crippen molar-refractivity contribution in [2.45, 2.75) is 40.0 Å². The third-order valence-electron chi connectivity index (χ3n) is 2.96. The van der Waals surface area contributed by atoms with E-state index in [1.165, 1.54) is 7.11 Å². The zero-order valence-electron chi connectivity index (χ0n) is 18.0. The van der Waals surface area contributed by atoms with Crippen LogP contribution < -0.4 is 16.6 Å². The van der Waals surface area contributed by atoms with E-state index in [2.05, 4.69) is 28.4 Å². The largest absolute Gasteiger partial charge is 0.465 e. The van der Waals surface area contributed by atoms with E-state index in [9.17, 15) is 9.59 Å². The van der Waals surface area contributed by atoms with Crippen molar-refractivity contribution in [3.05, 3.63) is 34.9 Å². The van der Waals surface area contributed by atoms with Gasteiger partial charge < -0.3 is 15.2 Å². The Bertz CT molecular complexity index is 572. The first-order valence-electron chi connectivity index (χ1n) is 8.24. The Kier molecular flexibility index (Phi) is 18.5. The lowest BCUT2D eigenvalue weighted by Crippen LogP contribution is -2.21. The van der Waals surface area contributed by atoms with Crippen LogP contribution in [0.1, 0.15) is 60.9 Å². The molecule has 0 aliphatic rings. The van der Waals surface area contributed by atoms with Gasteiger partial charge in [-0.2, -0.15) is 0 Å². The number of nitrogens with two attached hydrogens (primary N) is 1. The molecule has 0 bridgehead atoms. The van der Waals surface area contributed by atoms with Crippen molar-refractivity contribution in [2.75, 3.05) is 28.3 Å². The predicted octanol–water partition coefficient (Wildman–Crippen LogP) is 1.85. The lowest BCUT2D eigenvalue weighted by Gasteiger charge is -2.20. The number of esters is 1. The minimum Gasteiger partial charge on any atom is -0.465 e. The highest BCUT2D eigenvalue weighted by atomic mass is 16.5. The van der Waals surface area contributed by atoms with Crippen molar-refractivity contribution < 1.29 is 19.4 Å². The topological polar surface area (TPSA) is 114 Å². The van der Waals surface area contributed by atoms with Crippen LogP contribution in [0.5, 0.6) is 0 Å². The fourth-order valence-corrected chi connectivity index (χ4v) is 1.57. The number of aliphatic hydroxyl groups excluding tert-OH is 1. The summed E-state index contributed by atoms with van der Waals surface area (Å²) < 4.78 is 4.70. The van der Waals surface area contributed by atoms with Crippen molar-refractivity contribution in [1.29, 1.82) is 0 Å². The molecule has 0 saturated carbocycles. The highest BCUT2D eigenvalue weighted by molar-refractivity contribution is 5.98. The SMILES string of the molecule is CC#CC.CNC(=O)c1cc(C(=O)OC)cc(C(C)(C)C)c1.CNN.CO. The molecule has 7 heteroatoms. The summed E-state index contributed by atoms with van der Waals surface area (Å²) in [5.74, 6) is 9.30. The normalized spacial score (nSPS) is 8.70. The molecule has 0 spiro atoms. The number of amides is 1. The van der Waals surface area contributed by atoms with E-state index in [-0.39, 0.29) is 11.3 Å². The number of nitrogens with one attached hydrogen (secondary N) is 2. The minimum atomic E-state index is -0.439. The second kappa shape index (κ2) is 17.0. The van der Waals surface area contributed by atoms with Crippen LogP contribution in [-0.4, -0.2) is 45.3 Å². The molecule has 0 saturated heterocycles. The maximum Gasteiger partial charge on any atom is 0.337 e. The van der Waals surface area contributed by atoms with Crippen LogP contribution in [0.4, 0.5) is 0 Å². The van der Waals surface area contributed by atoms with Crippen LogP contribution in [0.3, 0.4) is 0 Å². The monoisotopic (exact) mass is 381 g/mol. The van der Waals surface area contributed by atoms with Gasteiger partial charge in [-0.15, -0.1) is 11.8 Å². The Morgan fingerprint density at radius 3 is 1.74 bits per heavy atom. The summed E-state index contributed by atoms with van der Waals surface area (Å²) in [6.07, 6.45) is 0. The lowest BCUT2D eigenvalue weighted by atomic mass is 9.85. The van der Waals surface area contributed by atoms with Gasteiger partial charge in [0.2, 0.25) is 0 Å². The lowest BCUT2D eigenvalue weighted by molar-refractivity contribution is 0.0600. The van der Waals surface area contributed by atoms with E-state index < -0.39 is 5.97 Å². The third-order valence-corrected chi connectivity index (χ3v) is 2.96. The minimum absolute atomic E-state index is 0.146. The van der Waals surface area contributed by atoms with Crippen LogP contribution in [0.25, 0.3) is 0 Å². The first-order valence-corrected chi connectivity index (χ1v) is 8.24. The van der Waals surface area contributed by atoms with Crippen LogP contribution in [-0.2, 0) is 10.2 Å². The van der Waals surface area contributed by atoms with Gasteiger partial charge in [0.25, 0.3) is 5.91 Å². The Morgan fingerprint density at radius 1 is 1.04 bits per heavy atom. The molecule has 7 nitrogen and oxygen atoms in total. The number of aliphatic hydroxyl groups is 1. The summed E-state index contributed by atoms with van der Waals surface area (Å²) in [5.41, 5.74) is 3.88. The van der Waals surface area contributed by atoms with Crippen LogP contribution in [0.2, 0.25) is 0 Å². The third kappa shape index (κ3) is 13.5. The molecule has 1 aromatic carbocycles. The Balaban J connectivity index is -0.000000541. The summed E-state index contributed by atoms with van der Waals surface area (Å²) in [5, 5.41) is 9.55. The first kappa shape index (κ1) is 29.4. The number of carbonyl (C=O) groups excluding carboxylic acids is 2. The van der Waals surface area contributed by atoms with Gasteiger partial charge >= 0.3 is 5.97 Å². The molecule has 1 rings (SSSR count). The zero-order valence-corrected chi connectivity index (χ0v) is 18.0. The van der Waals surface area contributed by atoms with E-state index in [0.29, 0.717) is 11.1 Å².